The summed E-state index contributed by atoms with van der Waals surface area (Å²) in [6.07, 6.45) is 2.26. The highest BCUT2D eigenvalue weighted by Gasteiger charge is 2.28. The zero-order chi connectivity index (χ0) is 23.8. The van der Waals surface area contributed by atoms with Crippen molar-refractivity contribution < 1.29 is 14.6 Å². The molecule has 1 aromatic heterocycles. The van der Waals surface area contributed by atoms with Gasteiger partial charge in [-0.2, -0.15) is 0 Å². The van der Waals surface area contributed by atoms with E-state index in [1.54, 1.807) is 0 Å². The lowest BCUT2D eigenvalue weighted by Gasteiger charge is -2.31. The number of nitrogens with zero attached hydrogens (tertiary/aromatic N) is 1. The van der Waals surface area contributed by atoms with Gasteiger partial charge in [0.2, 0.25) is 0 Å². The highest BCUT2D eigenvalue weighted by atomic mass is 16.5. The maximum absolute atomic E-state index is 11.1. The largest absolute Gasteiger partial charge is 0.494 e. The molecule has 4 aromatic rings. The molecule has 0 fully saturated rings. The Bertz CT molecular complexity index is 1190. The second-order valence-electron chi connectivity index (χ2n) is 9.37. The zero-order valence-corrected chi connectivity index (χ0v) is 20.0. The van der Waals surface area contributed by atoms with Crippen LogP contribution in [-0.2, 0) is 6.61 Å². The SMILES string of the molecule is CC(C)(CCCCOc1ccccc1)C(O)c1cccc(OCc2ccc3ccccc3n2)c1. The fourth-order valence-electron chi connectivity index (χ4n) is 4.10. The molecule has 0 radical (unpaired) electrons. The Balaban J connectivity index is 1.29. The second kappa shape index (κ2) is 11.2. The van der Waals surface area contributed by atoms with Gasteiger partial charge in [0.1, 0.15) is 18.1 Å². The number of aliphatic hydroxyl groups is 1. The summed E-state index contributed by atoms with van der Waals surface area (Å²) in [6.45, 7) is 5.29. The van der Waals surface area contributed by atoms with Gasteiger partial charge in [-0.3, -0.25) is 0 Å². The molecule has 0 aliphatic carbocycles. The smallest absolute Gasteiger partial charge is 0.130 e. The van der Waals surface area contributed by atoms with Crippen molar-refractivity contribution in [1.82, 2.24) is 4.98 Å². The quantitative estimate of drug-likeness (QED) is 0.245. The van der Waals surface area contributed by atoms with Gasteiger partial charge in [0.05, 0.1) is 23.9 Å². The van der Waals surface area contributed by atoms with Crippen molar-refractivity contribution in [1.29, 1.82) is 0 Å². The van der Waals surface area contributed by atoms with E-state index in [0.29, 0.717) is 13.2 Å². The van der Waals surface area contributed by atoms with Crippen molar-refractivity contribution in [3.8, 4) is 11.5 Å². The van der Waals surface area contributed by atoms with Gasteiger partial charge in [-0.25, -0.2) is 4.98 Å². The maximum Gasteiger partial charge on any atom is 0.130 e. The van der Waals surface area contributed by atoms with Crippen LogP contribution in [0.1, 0.15) is 50.5 Å². The minimum absolute atomic E-state index is 0.259. The lowest BCUT2D eigenvalue weighted by Crippen LogP contribution is -2.22. The van der Waals surface area contributed by atoms with Gasteiger partial charge in [-0.1, -0.05) is 68.4 Å². The molecule has 1 atom stereocenters. The number of pyridine rings is 1. The highest BCUT2D eigenvalue weighted by molar-refractivity contribution is 5.78. The Morgan fingerprint density at radius 2 is 1.56 bits per heavy atom. The molecule has 0 saturated heterocycles. The molecule has 0 saturated carbocycles. The Kier molecular flexibility index (Phi) is 7.81. The Morgan fingerprint density at radius 1 is 0.794 bits per heavy atom. The van der Waals surface area contributed by atoms with E-state index in [4.69, 9.17) is 9.47 Å². The van der Waals surface area contributed by atoms with Crippen LogP contribution >= 0.6 is 0 Å². The summed E-state index contributed by atoms with van der Waals surface area (Å²) in [5.41, 5.74) is 2.45. The van der Waals surface area contributed by atoms with Crippen LogP contribution in [0.4, 0.5) is 0 Å². The third-order valence-electron chi connectivity index (χ3n) is 6.18. The summed E-state index contributed by atoms with van der Waals surface area (Å²) in [7, 11) is 0. The summed E-state index contributed by atoms with van der Waals surface area (Å²) in [6, 6.07) is 29.8. The molecule has 0 aliphatic heterocycles. The van der Waals surface area contributed by atoms with Crippen LogP contribution in [0.5, 0.6) is 11.5 Å². The molecule has 1 heterocycles. The monoisotopic (exact) mass is 455 g/mol. The summed E-state index contributed by atoms with van der Waals surface area (Å²) in [5.74, 6) is 1.64. The predicted molar refractivity (Wildman–Crippen MR) is 137 cm³/mol. The summed E-state index contributed by atoms with van der Waals surface area (Å²) >= 11 is 0. The van der Waals surface area contributed by atoms with Crippen LogP contribution < -0.4 is 9.47 Å². The molecule has 176 valence electrons. The number of unbranched alkanes of at least 4 members (excludes halogenated alkanes) is 1. The molecule has 3 aromatic carbocycles. The number of benzene rings is 3. The van der Waals surface area contributed by atoms with E-state index in [9.17, 15) is 5.11 Å². The molecule has 0 amide bonds. The first-order chi connectivity index (χ1) is 16.5. The van der Waals surface area contributed by atoms with Gasteiger partial charge in [0.25, 0.3) is 0 Å². The van der Waals surface area contributed by atoms with Crippen molar-refractivity contribution in [2.45, 2.75) is 45.8 Å². The van der Waals surface area contributed by atoms with E-state index >= 15 is 0 Å². The predicted octanol–water partition coefficient (Wildman–Crippen LogP) is 7.12. The number of para-hydroxylation sites is 2. The van der Waals surface area contributed by atoms with E-state index in [-0.39, 0.29) is 5.41 Å². The number of hydrogen-bond acceptors (Lipinski definition) is 4. The van der Waals surface area contributed by atoms with Crippen LogP contribution in [-0.4, -0.2) is 16.7 Å². The van der Waals surface area contributed by atoms with Crippen molar-refractivity contribution >= 4 is 10.9 Å². The van der Waals surface area contributed by atoms with E-state index in [2.05, 4.69) is 31.0 Å². The molecule has 4 heteroatoms. The van der Waals surface area contributed by atoms with Gasteiger partial charge >= 0.3 is 0 Å². The first-order valence-electron chi connectivity index (χ1n) is 11.9. The average Bonchev–Trinajstić information content (AvgIpc) is 2.87. The third-order valence-corrected chi connectivity index (χ3v) is 6.18. The number of ether oxygens (including phenoxy) is 2. The van der Waals surface area contributed by atoms with Crippen LogP contribution in [0, 0.1) is 5.41 Å². The lowest BCUT2D eigenvalue weighted by atomic mass is 9.78. The van der Waals surface area contributed by atoms with Crippen molar-refractivity contribution in [3.05, 3.63) is 102 Å². The standard InChI is InChI=1S/C30H33NO3/c1-30(2,19-8-9-20-33-26-13-4-3-5-14-26)29(32)24-12-10-15-27(21-24)34-22-25-18-17-23-11-6-7-16-28(23)31-25/h3-7,10-18,21,29,32H,8-9,19-20,22H2,1-2H3. The Morgan fingerprint density at radius 3 is 2.41 bits per heavy atom. The van der Waals surface area contributed by atoms with Crippen LogP contribution in [0.2, 0.25) is 0 Å². The highest BCUT2D eigenvalue weighted by Crippen LogP contribution is 2.38. The molecule has 1 unspecified atom stereocenters. The van der Waals surface area contributed by atoms with Gasteiger partial charge in [0.15, 0.2) is 0 Å². The van der Waals surface area contributed by atoms with Crippen LogP contribution in [0.3, 0.4) is 0 Å². The zero-order valence-electron chi connectivity index (χ0n) is 20.0. The number of aliphatic hydroxyl groups excluding tert-OH is 1. The van der Waals surface area contributed by atoms with Crippen LogP contribution in [0.25, 0.3) is 10.9 Å². The second-order valence-corrected chi connectivity index (χ2v) is 9.37. The number of aromatic nitrogens is 1. The molecule has 4 nitrogen and oxygen atoms in total. The Labute approximate surface area is 202 Å². The summed E-state index contributed by atoms with van der Waals surface area (Å²) in [4.78, 5) is 4.67. The van der Waals surface area contributed by atoms with Gasteiger partial charge in [-0.15, -0.1) is 0 Å². The molecular formula is C30H33NO3. The fraction of sp³-hybridized carbons (Fsp3) is 0.300. The minimum atomic E-state index is -0.579. The van der Waals surface area contributed by atoms with Gasteiger partial charge in [-0.05, 0) is 66.6 Å². The summed E-state index contributed by atoms with van der Waals surface area (Å²) in [5, 5.41) is 12.2. The van der Waals surface area contributed by atoms with Crippen LogP contribution in [0.15, 0.2) is 91.0 Å². The fourth-order valence-corrected chi connectivity index (χ4v) is 4.10. The normalized spacial score (nSPS) is 12.4. The molecule has 0 bridgehead atoms. The number of rotatable bonds is 11. The molecule has 0 spiro atoms. The topological polar surface area (TPSA) is 51.6 Å². The minimum Gasteiger partial charge on any atom is -0.494 e. The van der Waals surface area contributed by atoms with Crippen molar-refractivity contribution in [2.24, 2.45) is 5.41 Å². The summed E-state index contributed by atoms with van der Waals surface area (Å²) < 4.78 is 11.8. The molecule has 34 heavy (non-hydrogen) atoms. The van der Waals surface area contributed by atoms with Crippen molar-refractivity contribution in [3.63, 3.8) is 0 Å². The maximum atomic E-state index is 11.1. The van der Waals surface area contributed by atoms with E-state index in [1.807, 2.05) is 78.9 Å². The third kappa shape index (κ3) is 6.36. The first kappa shape index (κ1) is 23.8. The van der Waals surface area contributed by atoms with Crippen molar-refractivity contribution in [2.75, 3.05) is 6.61 Å². The lowest BCUT2D eigenvalue weighted by molar-refractivity contribution is 0.0402. The molecular weight excluding hydrogens is 422 g/mol. The van der Waals surface area contributed by atoms with E-state index < -0.39 is 6.10 Å². The first-order valence-corrected chi connectivity index (χ1v) is 11.9. The Hall–Kier alpha value is -3.37. The molecule has 0 aliphatic rings. The number of hydrogen-bond donors (Lipinski definition) is 1. The molecule has 1 N–H and O–H groups in total. The van der Waals surface area contributed by atoms with Gasteiger partial charge in [0, 0.05) is 5.39 Å². The number of fused-ring (bicyclic) bond motifs is 1. The van der Waals surface area contributed by atoms with E-state index in [1.165, 1.54) is 0 Å². The van der Waals surface area contributed by atoms with E-state index in [0.717, 1.165) is 52.9 Å². The average molecular weight is 456 g/mol. The van der Waals surface area contributed by atoms with Gasteiger partial charge < -0.3 is 14.6 Å². The molecule has 4 rings (SSSR count).